The summed E-state index contributed by atoms with van der Waals surface area (Å²) in [6, 6.07) is -0.121. The molecule has 1 aliphatic heterocycles. The fourth-order valence-electron chi connectivity index (χ4n) is 2.39. The molecule has 0 aliphatic carbocycles. The summed E-state index contributed by atoms with van der Waals surface area (Å²) in [7, 11) is 0. The number of likely N-dealkylation sites (tertiary alicyclic amines) is 1. The normalized spacial score (nSPS) is 20.3. The molecular weight excluding hydrogens is 248 g/mol. The second-order valence-corrected chi connectivity index (χ2v) is 5.17. The van der Waals surface area contributed by atoms with E-state index in [0.29, 0.717) is 25.6 Å². The zero-order chi connectivity index (χ0) is 14.3. The number of carboxylic acids is 1. The smallest absolute Gasteiger partial charge is 0.317 e. The van der Waals surface area contributed by atoms with Gasteiger partial charge in [0.05, 0.1) is 0 Å². The van der Waals surface area contributed by atoms with E-state index in [4.69, 9.17) is 10.2 Å². The zero-order valence-corrected chi connectivity index (χ0v) is 11.5. The van der Waals surface area contributed by atoms with Gasteiger partial charge >= 0.3 is 12.0 Å². The number of carbonyl (C=O) groups excluding carboxylic acids is 1. The van der Waals surface area contributed by atoms with Gasteiger partial charge in [0.15, 0.2) is 0 Å². The Morgan fingerprint density at radius 3 is 2.79 bits per heavy atom. The van der Waals surface area contributed by atoms with Gasteiger partial charge in [0.2, 0.25) is 0 Å². The Bertz CT molecular complexity index is 309. The summed E-state index contributed by atoms with van der Waals surface area (Å²) >= 11 is 0. The van der Waals surface area contributed by atoms with Crippen LogP contribution >= 0.6 is 0 Å². The first kappa shape index (κ1) is 15.8. The molecule has 1 aliphatic rings. The van der Waals surface area contributed by atoms with Gasteiger partial charge in [-0.15, -0.1) is 0 Å². The highest BCUT2D eigenvalue weighted by Gasteiger charge is 2.26. The number of urea groups is 1. The molecule has 0 radical (unpaired) electrons. The number of hydrogen-bond donors (Lipinski definition) is 3. The van der Waals surface area contributed by atoms with Crippen molar-refractivity contribution in [1.29, 1.82) is 0 Å². The van der Waals surface area contributed by atoms with Crippen molar-refractivity contribution in [3.63, 3.8) is 0 Å². The maximum atomic E-state index is 11.9. The molecule has 110 valence electrons. The Morgan fingerprint density at radius 1 is 1.47 bits per heavy atom. The van der Waals surface area contributed by atoms with Crippen molar-refractivity contribution in [3.05, 3.63) is 0 Å². The van der Waals surface area contributed by atoms with E-state index in [1.807, 2.05) is 6.92 Å². The Labute approximate surface area is 113 Å². The number of nitrogens with zero attached hydrogens (tertiary/aromatic N) is 1. The highest BCUT2D eigenvalue weighted by molar-refractivity contribution is 5.74. The summed E-state index contributed by atoms with van der Waals surface area (Å²) in [6.45, 7) is 3.89. The summed E-state index contributed by atoms with van der Waals surface area (Å²) < 4.78 is 0. The number of aliphatic carboxylic acids is 1. The molecule has 1 rings (SSSR count). The van der Waals surface area contributed by atoms with Gasteiger partial charge < -0.3 is 20.4 Å². The molecule has 0 aromatic carbocycles. The predicted molar refractivity (Wildman–Crippen MR) is 70.8 cm³/mol. The van der Waals surface area contributed by atoms with Crippen molar-refractivity contribution in [1.82, 2.24) is 10.2 Å². The number of hydrogen-bond acceptors (Lipinski definition) is 3. The van der Waals surface area contributed by atoms with Gasteiger partial charge in [-0.3, -0.25) is 4.79 Å². The number of carbonyl (C=O) groups is 2. The number of aliphatic hydroxyl groups excluding tert-OH is 1. The van der Waals surface area contributed by atoms with Gasteiger partial charge in [-0.2, -0.15) is 0 Å². The first-order valence-corrected chi connectivity index (χ1v) is 6.92. The van der Waals surface area contributed by atoms with Crippen molar-refractivity contribution >= 4 is 12.0 Å². The minimum atomic E-state index is -0.828. The second kappa shape index (κ2) is 7.99. The van der Waals surface area contributed by atoms with Crippen LogP contribution in [0.5, 0.6) is 0 Å². The first-order chi connectivity index (χ1) is 9.06. The molecule has 0 aromatic heterocycles. The molecule has 0 aromatic rings. The monoisotopic (exact) mass is 272 g/mol. The van der Waals surface area contributed by atoms with Crippen LogP contribution in [0.1, 0.15) is 32.6 Å². The van der Waals surface area contributed by atoms with E-state index in [-0.39, 0.29) is 25.0 Å². The lowest BCUT2D eigenvalue weighted by Crippen LogP contribution is -2.40. The largest absolute Gasteiger partial charge is 0.481 e. The van der Waals surface area contributed by atoms with Crippen LogP contribution in [0.15, 0.2) is 0 Å². The maximum absolute atomic E-state index is 11.9. The molecule has 1 saturated heterocycles. The van der Waals surface area contributed by atoms with Gasteiger partial charge in [0, 0.05) is 32.7 Å². The Morgan fingerprint density at radius 2 is 2.21 bits per heavy atom. The van der Waals surface area contributed by atoms with E-state index in [1.54, 1.807) is 4.90 Å². The molecule has 19 heavy (non-hydrogen) atoms. The van der Waals surface area contributed by atoms with Crippen LogP contribution in [0.3, 0.4) is 0 Å². The molecular formula is C13H24N2O4. The van der Waals surface area contributed by atoms with Gasteiger partial charge in [0.1, 0.15) is 0 Å². The lowest BCUT2D eigenvalue weighted by atomic mass is 10.0. The third-order valence-corrected chi connectivity index (χ3v) is 3.69. The SMILES string of the molecule is CCC(CNC(=O)N1CCC(CCO)C1)CC(=O)O. The number of nitrogens with one attached hydrogen (secondary N) is 1. The standard InChI is InChI=1S/C13H24N2O4/c1-2-10(7-12(17)18)8-14-13(19)15-5-3-11(9-15)4-6-16/h10-11,16H,2-9H2,1H3,(H,14,19)(H,17,18). The lowest BCUT2D eigenvalue weighted by Gasteiger charge is -2.19. The van der Waals surface area contributed by atoms with Crippen molar-refractivity contribution in [2.75, 3.05) is 26.2 Å². The summed E-state index contributed by atoms with van der Waals surface area (Å²) in [6.07, 6.45) is 2.49. The number of amides is 2. The molecule has 1 fully saturated rings. The highest BCUT2D eigenvalue weighted by Crippen LogP contribution is 2.19. The molecule has 2 amide bonds. The van der Waals surface area contributed by atoms with Crippen molar-refractivity contribution in [2.24, 2.45) is 11.8 Å². The van der Waals surface area contributed by atoms with Crippen LogP contribution < -0.4 is 5.32 Å². The van der Waals surface area contributed by atoms with Crippen LogP contribution in [-0.2, 0) is 4.79 Å². The fourth-order valence-corrected chi connectivity index (χ4v) is 2.39. The maximum Gasteiger partial charge on any atom is 0.317 e. The van der Waals surface area contributed by atoms with Crippen LogP contribution in [0.25, 0.3) is 0 Å². The number of aliphatic hydroxyl groups is 1. The molecule has 3 N–H and O–H groups in total. The molecule has 2 atom stereocenters. The average Bonchev–Trinajstić information content (AvgIpc) is 2.82. The van der Waals surface area contributed by atoms with E-state index in [1.165, 1.54) is 0 Å². The van der Waals surface area contributed by atoms with Crippen molar-refractivity contribution in [3.8, 4) is 0 Å². The van der Waals surface area contributed by atoms with Gasteiger partial charge in [0.25, 0.3) is 0 Å². The second-order valence-electron chi connectivity index (χ2n) is 5.17. The van der Waals surface area contributed by atoms with E-state index < -0.39 is 5.97 Å². The number of rotatable bonds is 7. The van der Waals surface area contributed by atoms with Crippen LogP contribution in [-0.4, -0.2) is 53.4 Å². The fraction of sp³-hybridized carbons (Fsp3) is 0.846. The first-order valence-electron chi connectivity index (χ1n) is 6.92. The highest BCUT2D eigenvalue weighted by atomic mass is 16.4. The average molecular weight is 272 g/mol. The predicted octanol–water partition coefficient (Wildman–Crippen LogP) is 0.901. The van der Waals surface area contributed by atoms with E-state index in [9.17, 15) is 9.59 Å². The van der Waals surface area contributed by atoms with Gasteiger partial charge in [-0.1, -0.05) is 13.3 Å². The Kier molecular flexibility index (Phi) is 6.62. The third-order valence-electron chi connectivity index (χ3n) is 3.69. The van der Waals surface area contributed by atoms with Crippen LogP contribution in [0.2, 0.25) is 0 Å². The van der Waals surface area contributed by atoms with E-state index >= 15 is 0 Å². The van der Waals surface area contributed by atoms with Crippen molar-refractivity contribution in [2.45, 2.75) is 32.6 Å². The minimum absolute atomic E-state index is 0.0164. The van der Waals surface area contributed by atoms with E-state index in [0.717, 1.165) is 19.3 Å². The summed E-state index contributed by atoms with van der Waals surface area (Å²) in [4.78, 5) is 24.3. The molecule has 6 heteroatoms. The van der Waals surface area contributed by atoms with Crippen LogP contribution in [0.4, 0.5) is 4.79 Å². The summed E-state index contributed by atoms with van der Waals surface area (Å²) in [5, 5.41) is 20.4. The van der Waals surface area contributed by atoms with Crippen LogP contribution in [0, 0.1) is 11.8 Å². The summed E-state index contributed by atoms with van der Waals surface area (Å²) in [5.74, 6) is -0.459. The van der Waals surface area contributed by atoms with Gasteiger partial charge in [-0.05, 0) is 24.7 Å². The van der Waals surface area contributed by atoms with Gasteiger partial charge in [-0.25, -0.2) is 4.79 Å². The molecule has 2 unspecified atom stereocenters. The molecule has 0 saturated carbocycles. The lowest BCUT2D eigenvalue weighted by molar-refractivity contribution is -0.138. The zero-order valence-electron chi connectivity index (χ0n) is 11.5. The number of carboxylic acid groups (broad SMARTS) is 1. The molecule has 0 bridgehead atoms. The Hall–Kier alpha value is -1.30. The molecule has 6 nitrogen and oxygen atoms in total. The Balaban J connectivity index is 2.29. The summed E-state index contributed by atoms with van der Waals surface area (Å²) in [5.41, 5.74) is 0. The third kappa shape index (κ3) is 5.46. The van der Waals surface area contributed by atoms with Crippen molar-refractivity contribution < 1.29 is 19.8 Å². The topological polar surface area (TPSA) is 89.9 Å². The minimum Gasteiger partial charge on any atom is -0.481 e. The molecule has 1 heterocycles. The van der Waals surface area contributed by atoms with E-state index in [2.05, 4.69) is 5.32 Å². The molecule has 0 spiro atoms. The quantitative estimate of drug-likeness (QED) is 0.642.